The Labute approximate surface area is 191 Å². The number of pyridine rings is 1. The number of amides is 1. The monoisotopic (exact) mass is 456 g/mol. The molecule has 1 heterocycles. The molecule has 1 N–H and O–H groups in total. The van der Waals surface area contributed by atoms with Crippen molar-refractivity contribution >= 4 is 5.91 Å². The highest BCUT2D eigenvalue weighted by Gasteiger charge is 2.13. The molecule has 1 amide bonds. The van der Waals surface area contributed by atoms with Gasteiger partial charge in [-0.3, -0.25) is 9.78 Å². The second-order valence-electron chi connectivity index (χ2n) is 7.41. The van der Waals surface area contributed by atoms with Crippen LogP contribution in [0.5, 0.6) is 5.75 Å². The molecule has 0 bridgehead atoms. The van der Waals surface area contributed by atoms with Crippen LogP contribution in [0.1, 0.15) is 11.3 Å². The van der Waals surface area contributed by atoms with Gasteiger partial charge >= 0.3 is 0 Å². The third-order valence-electron chi connectivity index (χ3n) is 4.80. The number of benzene rings is 2. The predicted octanol–water partition coefficient (Wildman–Crippen LogP) is 3.93. The Bertz CT molecular complexity index is 1050. The summed E-state index contributed by atoms with van der Waals surface area (Å²) in [5.74, 6) is -0.678. The first-order valence-electron chi connectivity index (χ1n) is 10.4. The van der Waals surface area contributed by atoms with E-state index in [0.717, 1.165) is 0 Å². The van der Waals surface area contributed by atoms with Crippen molar-refractivity contribution in [1.82, 2.24) is 10.3 Å². The van der Waals surface area contributed by atoms with Crippen LogP contribution in [0.15, 0.2) is 60.8 Å². The summed E-state index contributed by atoms with van der Waals surface area (Å²) in [4.78, 5) is 16.4. The SMILES string of the molecule is COCC(COC)Oc1ccc(-c2ccc(CC(=O)NCc3cccc(F)c3)nc2)c(F)c1. The molecule has 0 aliphatic rings. The van der Waals surface area contributed by atoms with E-state index < -0.39 is 5.82 Å². The Morgan fingerprint density at radius 3 is 2.45 bits per heavy atom. The van der Waals surface area contributed by atoms with Gasteiger partial charge in [0.1, 0.15) is 23.5 Å². The first kappa shape index (κ1) is 24.3. The summed E-state index contributed by atoms with van der Waals surface area (Å²) in [6.07, 6.45) is 1.23. The largest absolute Gasteiger partial charge is 0.485 e. The third kappa shape index (κ3) is 7.34. The van der Waals surface area contributed by atoms with Crippen LogP contribution in [0, 0.1) is 11.6 Å². The van der Waals surface area contributed by atoms with Crippen LogP contribution in [-0.4, -0.2) is 44.4 Å². The van der Waals surface area contributed by atoms with E-state index in [1.807, 2.05) is 0 Å². The minimum Gasteiger partial charge on any atom is -0.485 e. The van der Waals surface area contributed by atoms with Crippen LogP contribution in [0.25, 0.3) is 11.1 Å². The molecule has 8 heteroatoms. The van der Waals surface area contributed by atoms with Gasteiger partial charge in [0, 0.05) is 49.8 Å². The lowest BCUT2D eigenvalue weighted by Gasteiger charge is -2.18. The molecule has 0 aliphatic carbocycles. The number of methoxy groups -OCH3 is 2. The van der Waals surface area contributed by atoms with E-state index in [1.165, 1.54) is 24.4 Å². The van der Waals surface area contributed by atoms with Crippen LogP contribution in [0.2, 0.25) is 0 Å². The Kier molecular flexibility index (Phi) is 8.86. The maximum absolute atomic E-state index is 14.7. The summed E-state index contributed by atoms with van der Waals surface area (Å²) >= 11 is 0. The van der Waals surface area contributed by atoms with Gasteiger partial charge < -0.3 is 19.5 Å². The lowest BCUT2D eigenvalue weighted by molar-refractivity contribution is -0.120. The average Bonchev–Trinajstić information content (AvgIpc) is 2.79. The topological polar surface area (TPSA) is 69.7 Å². The zero-order valence-electron chi connectivity index (χ0n) is 18.5. The zero-order valence-corrected chi connectivity index (χ0v) is 18.5. The van der Waals surface area contributed by atoms with Gasteiger partial charge in [-0.15, -0.1) is 0 Å². The fourth-order valence-electron chi connectivity index (χ4n) is 3.25. The molecule has 33 heavy (non-hydrogen) atoms. The number of rotatable bonds is 11. The first-order chi connectivity index (χ1) is 16.0. The molecule has 0 fully saturated rings. The summed E-state index contributed by atoms with van der Waals surface area (Å²) in [5, 5.41) is 2.73. The number of carbonyl (C=O) groups is 1. The number of nitrogens with zero attached hydrogens (tertiary/aromatic N) is 1. The molecular formula is C25H26F2N2O4. The Balaban J connectivity index is 1.59. The molecule has 3 rings (SSSR count). The maximum atomic E-state index is 14.7. The van der Waals surface area contributed by atoms with E-state index >= 15 is 0 Å². The van der Waals surface area contributed by atoms with Gasteiger partial charge in [0.25, 0.3) is 0 Å². The smallest absolute Gasteiger partial charge is 0.226 e. The molecule has 0 spiro atoms. The molecule has 0 saturated heterocycles. The Hall–Kier alpha value is -3.36. The maximum Gasteiger partial charge on any atom is 0.226 e. The van der Waals surface area contributed by atoms with Crippen molar-refractivity contribution in [3.8, 4) is 16.9 Å². The van der Waals surface area contributed by atoms with Crippen LogP contribution in [0.4, 0.5) is 8.78 Å². The fraction of sp³-hybridized carbons (Fsp3) is 0.280. The second kappa shape index (κ2) is 12.0. The van der Waals surface area contributed by atoms with Gasteiger partial charge in [0.15, 0.2) is 0 Å². The number of ether oxygens (including phenoxy) is 3. The molecule has 6 nitrogen and oxygen atoms in total. The normalized spacial score (nSPS) is 10.9. The van der Waals surface area contributed by atoms with Crippen molar-refractivity contribution in [3.05, 3.63) is 83.7 Å². The molecule has 0 radical (unpaired) electrons. The van der Waals surface area contributed by atoms with Crippen LogP contribution in [0.3, 0.4) is 0 Å². The highest BCUT2D eigenvalue weighted by atomic mass is 19.1. The quantitative estimate of drug-likeness (QED) is 0.474. The summed E-state index contributed by atoms with van der Waals surface area (Å²) < 4.78 is 43.8. The minimum absolute atomic E-state index is 0.0608. The molecule has 0 unspecified atom stereocenters. The Morgan fingerprint density at radius 2 is 1.82 bits per heavy atom. The van der Waals surface area contributed by atoms with Gasteiger partial charge in [-0.2, -0.15) is 0 Å². The van der Waals surface area contributed by atoms with Crippen molar-refractivity contribution in [2.75, 3.05) is 27.4 Å². The number of halogens is 2. The summed E-state index contributed by atoms with van der Waals surface area (Å²) in [5.41, 5.74) is 2.16. The Morgan fingerprint density at radius 1 is 1.03 bits per heavy atom. The minimum atomic E-state index is -0.455. The van der Waals surface area contributed by atoms with E-state index in [4.69, 9.17) is 14.2 Å². The molecule has 0 saturated carbocycles. The number of aromatic nitrogens is 1. The van der Waals surface area contributed by atoms with E-state index in [2.05, 4.69) is 10.3 Å². The van der Waals surface area contributed by atoms with Crippen molar-refractivity contribution in [2.24, 2.45) is 0 Å². The number of nitrogens with one attached hydrogen (secondary N) is 1. The first-order valence-corrected chi connectivity index (χ1v) is 10.4. The zero-order chi connectivity index (χ0) is 23.6. The average molecular weight is 456 g/mol. The predicted molar refractivity (Wildman–Crippen MR) is 120 cm³/mol. The molecule has 1 aromatic heterocycles. The molecule has 0 atom stereocenters. The van der Waals surface area contributed by atoms with Crippen LogP contribution < -0.4 is 10.1 Å². The van der Waals surface area contributed by atoms with E-state index in [0.29, 0.717) is 41.3 Å². The van der Waals surface area contributed by atoms with Gasteiger partial charge in [-0.25, -0.2) is 8.78 Å². The molecule has 174 valence electrons. The van der Waals surface area contributed by atoms with Crippen molar-refractivity contribution in [2.45, 2.75) is 19.1 Å². The standard InChI is InChI=1S/C25H26F2N2O4/c1-31-15-22(16-32-2)33-21-8-9-23(24(27)12-21)18-6-7-20(28-14-18)11-25(30)29-13-17-4-3-5-19(26)10-17/h3-10,12,14,22H,11,13,15-16H2,1-2H3,(H,29,30). The molecular weight excluding hydrogens is 430 g/mol. The van der Waals surface area contributed by atoms with Gasteiger partial charge in [-0.05, 0) is 35.9 Å². The fourth-order valence-corrected chi connectivity index (χ4v) is 3.25. The van der Waals surface area contributed by atoms with E-state index in [1.54, 1.807) is 50.6 Å². The van der Waals surface area contributed by atoms with Crippen molar-refractivity contribution in [3.63, 3.8) is 0 Å². The molecule has 3 aromatic rings. The second-order valence-corrected chi connectivity index (χ2v) is 7.41. The van der Waals surface area contributed by atoms with Crippen LogP contribution in [-0.2, 0) is 27.2 Å². The van der Waals surface area contributed by atoms with E-state index in [-0.39, 0.29) is 30.8 Å². The van der Waals surface area contributed by atoms with Gasteiger partial charge in [0.2, 0.25) is 5.91 Å². The molecule has 0 aliphatic heterocycles. The number of hydrogen-bond acceptors (Lipinski definition) is 5. The summed E-state index contributed by atoms with van der Waals surface area (Å²) in [7, 11) is 3.11. The van der Waals surface area contributed by atoms with Crippen LogP contribution >= 0.6 is 0 Å². The summed E-state index contributed by atoms with van der Waals surface area (Å²) in [6.45, 7) is 0.862. The highest BCUT2D eigenvalue weighted by molar-refractivity contribution is 5.78. The van der Waals surface area contributed by atoms with Gasteiger partial charge in [0.05, 0.1) is 19.6 Å². The van der Waals surface area contributed by atoms with Gasteiger partial charge in [-0.1, -0.05) is 18.2 Å². The number of hydrogen-bond donors (Lipinski definition) is 1. The molecule has 2 aromatic carbocycles. The lowest BCUT2D eigenvalue weighted by Crippen LogP contribution is -2.27. The highest BCUT2D eigenvalue weighted by Crippen LogP contribution is 2.26. The third-order valence-corrected chi connectivity index (χ3v) is 4.80. The van der Waals surface area contributed by atoms with E-state index in [9.17, 15) is 13.6 Å². The van der Waals surface area contributed by atoms with Crippen molar-refractivity contribution in [1.29, 1.82) is 0 Å². The summed E-state index contributed by atoms with van der Waals surface area (Å²) in [6, 6.07) is 14.0. The lowest BCUT2D eigenvalue weighted by atomic mass is 10.1. The number of carbonyl (C=O) groups excluding carboxylic acids is 1. The van der Waals surface area contributed by atoms with Crippen molar-refractivity contribution < 1.29 is 27.8 Å².